The van der Waals surface area contributed by atoms with Crippen molar-refractivity contribution in [3.05, 3.63) is 95.1 Å². The van der Waals surface area contributed by atoms with E-state index in [0.29, 0.717) is 0 Å². The van der Waals surface area contributed by atoms with Crippen molar-refractivity contribution >= 4 is 42.9 Å². The van der Waals surface area contributed by atoms with E-state index >= 15 is 0 Å². The highest BCUT2D eigenvalue weighted by molar-refractivity contribution is 7.92. The molecule has 0 saturated heterocycles. The lowest BCUT2D eigenvalue weighted by Gasteiger charge is -2.18. The van der Waals surface area contributed by atoms with Crippen LogP contribution in [0.25, 0.3) is 0 Å². The molecular formula is C31H33NO8S2. The minimum Gasteiger partial charge on any atom is -0.342 e. The molecule has 1 amide bonds. The maximum Gasteiger partial charge on any atom is 0.251 e. The molecule has 0 spiro atoms. The predicted octanol–water partition coefficient (Wildman–Crippen LogP) is 3.72. The first-order chi connectivity index (χ1) is 19.6. The van der Waals surface area contributed by atoms with Crippen LogP contribution in [0.3, 0.4) is 0 Å². The third-order valence-corrected chi connectivity index (χ3v) is 10.4. The number of hydrogen-bond donors (Lipinski definition) is 1. The van der Waals surface area contributed by atoms with Crippen LogP contribution in [0.5, 0.6) is 0 Å². The second-order valence-electron chi connectivity index (χ2n) is 10.4. The van der Waals surface area contributed by atoms with Crippen molar-refractivity contribution in [3.8, 4) is 0 Å². The third-order valence-electron chi connectivity index (χ3n) is 6.69. The van der Waals surface area contributed by atoms with E-state index in [1.165, 1.54) is 62.4 Å². The third kappa shape index (κ3) is 8.53. The molecule has 0 aliphatic heterocycles. The molecule has 0 aromatic heterocycles. The molecule has 9 nitrogen and oxygen atoms in total. The van der Waals surface area contributed by atoms with Crippen molar-refractivity contribution in [3.63, 3.8) is 0 Å². The summed E-state index contributed by atoms with van der Waals surface area (Å²) in [7, 11) is -8.11. The number of rotatable bonds is 13. The topological polar surface area (TPSA) is 149 Å². The smallest absolute Gasteiger partial charge is 0.251 e. The minimum atomic E-state index is -4.05. The lowest BCUT2D eigenvalue weighted by atomic mass is 9.99. The summed E-state index contributed by atoms with van der Waals surface area (Å²) >= 11 is 0. The van der Waals surface area contributed by atoms with Gasteiger partial charge < -0.3 is 5.32 Å². The number of nitrogens with one attached hydrogen (secondary N) is 1. The van der Waals surface area contributed by atoms with Crippen molar-refractivity contribution in [1.29, 1.82) is 0 Å². The number of hydrogen-bond acceptors (Lipinski definition) is 8. The molecule has 3 aromatic rings. The summed E-state index contributed by atoms with van der Waals surface area (Å²) in [6, 6.07) is 16.3. The average molecular weight is 612 g/mol. The second-order valence-corrected chi connectivity index (χ2v) is 14.4. The van der Waals surface area contributed by atoms with Gasteiger partial charge in [-0.3, -0.25) is 19.2 Å². The van der Waals surface area contributed by atoms with Crippen LogP contribution in [0, 0.1) is 19.8 Å². The van der Waals surface area contributed by atoms with Crippen molar-refractivity contribution in [2.24, 2.45) is 5.92 Å². The Morgan fingerprint density at radius 3 is 1.43 bits per heavy atom. The highest BCUT2D eigenvalue weighted by atomic mass is 32.2. The Hall–Kier alpha value is -3.96. The monoisotopic (exact) mass is 611 g/mol. The summed E-state index contributed by atoms with van der Waals surface area (Å²) in [5.74, 6) is -4.95. The molecule has 0 bridgehead atoms. The molecular weight excluding hydrogens is 578 g/mol. The van der Waals surface area contributed by atoms with Gasteiger partial charge in [0.15, 0.2) is 31.2 Å². The first-order valence-electron chi connectivity index (χ1n) is 13.1. The number of ketones is 3. The van der Waals surface area contributed by atoms with Crippen LogP contribution in [0.15, 0.2) is 82.6 Å². The van der Waals surface area contributed by atoms with Gasteiger partial charge in [0, 0.05) is 17.5 Å². The van der Waals surface area contributed by atoms with E-state index in [1.807, 2.05) is 0 Å². The van der Waals surface area contributed by atoms with E-state index in [4.69, 9.17) is 0 Å². The van der Waals surface area contributed by atoms with Crippen LogP contribution < -0.4 is 5.32 Å². The van der Waals surface area contributed by atoms with Crippen LogP contribution in [-0.4, -0.2) is 57.6 Å². The Bertz CT molecular complexity index is 1610. The van der Waals surface area contributed by atoms with E-state index in [9.17, 15) is 36.0 Å². The summed E-state index contributed by atoms with van der Waals surface area (Å²) < 4.78 is 53.1. The average Bonchev–Trinajstić information content (AvgIpc) is 2.92. The SMILES string of the molecule is CC(=O)CC(NC(=O)c1ccc(C(=O)C(CS(=O)(=O)c2ccc(C)cc2)CS(=O)(=O)c2ccc(C)cc2)cc1)C(C)=O. The number of aryl methyl sites for hydroxylation is 2. The van der Waals surface area contributed by atoms with Gasteiger partial charge in [0.05, 0.1) is 33.3 Å². The summed E-state index contributed by atoms with van der Waals surface area (Å²) in [5.41, 5.74) is 1.78. The molecule has 3 aromatic carbocycles. The van der Waals surface area contributed by atoms with E-state index in [2.05, 4.69) is 5.32 Å². The number of carbonyl (C=O) groups excluding carboxylic acids is 4. The van der Waals surface area contributed by atoms with Crippen molar-refractivity contribution in [1.82, 2.24) is 5.32 Å². The van der Waals surface area contributed by atoms with E-state index < -0.39 is 60.6 Å². The highest BCUT2D eigenvalue weighted by Gasteiger charge is 2.33. The molecule has 0 heterocycles. The van der Waals surface area contributed by atoms with E-state index in [-0.39, 0.29) is 33.1 Å². The molecule has 0 radical (unpaired) electrons. The van der Waals surface area contributed by atoms with Crippen LogP contribution in [0.2, 0.25) is 0 Å². The van der Waals surface area contributed by atoms with Gasteiger partial charge in [0.25, 0.3) is 5.91 Å². The van der Waals surface area contributed by atoms with Crippen LogP contribution in [0.4, 0.5) is 0 Å². The van der Waals surface area contributed by atoms with E-state index in [0.717, 1.165) is 11.1 Å². The fraction of sp³-hybridized carbons (Fsp3) is 0.290. The van der Waals surface area contributed by atoms with E-state index in [1.54, 1.807) is 38.1 Å². The van der Waals surface area contributed by atoms with Gasteiger partial charge >= 0.3 is 0 Å². The molecule has 222 valence electrons. The molecule has 1 N–H and O–H groups in total. The maximum atomic E-state index is 13.6. The Balaban J connectivity index is 1.92. The summed E-state index contributed by atoms with van der Waals surface area (Å²) in [6.07, 6.45) is -0.162. The quantitative estimate of drug-likeness (QED) is 0.288. The zero-order valence-electron chi connectivity index (χ0n) is 23.8. The first kappa shape index (κ1) is 32.6. The van der Waals surface area contributed by atoms with Crippen LogP contribution in [-0.2, 0) is 29.3 Å². The molecule has 1 unspecified atom stereocenters. The molecule has 3 rings (SSSR count). The summed E-state index contributed by atoms with van der Waals surface area (Å²) in [5, 5.41) is 2.49. The van der Waals surface area contributed by atoms with Crippen LogP contribution in [0.1, 0.15) is 52.1 Å². The zero-order valence-corrected chi connectivity index (χ0v) is 25.4. The van der Waals surface area contributed by atoms with Gasteiger partial charge in [-0.15, -0.1) is 0 Å². The van der Waals surface area contributed by atoms with Gasteiger partial charge in [-0.2, -0.15) is 0 Å². The zero-order chi connectivity index (χ0) is 31.2. The number of carbonyl (C=O) groups is 4. The van der Waals surface area contributed by atoms with Gasteiger partial charge in [0.1, 0.15) is 5.78 Å². The number of sulfone groups is 2. The molecule has 0 fully saturated rings. The number of amides is 1. The first-order valence-corrected chi connectivity index (χ1v) is 16.4. The predicted molar refractivity (Wildman–Crippen MR) is 158 cm³/mol. The van der Waals surface area contributed by atoms with Gasteiger partial charge in [-0.05, 0) is 64.1 Å². The standard InChI is InChI=1S/C31H33NO8S2/c1-20-5-13-27(14-6-20)41(37,38)18-26(19-42(39,40)28-15-7-21(2)8-16-28)30(35)24-9-11-25(12-10-24)31(36)32-29(23(4)34)17-22(3)33/h5-16,26,29H,17-19H2,1-4H3,(H,32,36). The molecule has 1 atom stereocenters. The molecule has 42 heavy (non-hydrogen) atoms. The van der Waals surface area contributed by atoms with Gasteiger partial charge in [-0.25, -0.2) is 16.8 Å². The second kappa shape index (κ2) is 13.3. The highest BCUT2D eigenvalue weighted by Crippen LogP contribution is 2.23. The lowest BCUT2D eigenvalue weighted by molar-refractivity contribution is -0.123. The fourth-order valence-electron chi connectivity index (χ4n) is 4.26. The minimum absolute atomic E-state index is 0.0154. The Kier molecular flexibility index (Phi) is 10.3. The Morgan fingerprint density at radius 2 is 1.05 bits per heavy atom. The number of Topliss-reactive ketones (excluding diaryl/α,β-unsaturated/α-hetero) is 3. The normalized spacial score (nSPS) is 12.5. The summed E-state index contributed by atoms with van der Waals surface area (Å²) in [4.78, 5) is 49.5. The lowest BCUT2D eigenvalue weighted by Crippen LogP contribution is -2.41. The summed E-state index contributed by atoms with van der Waals surface area (Å²) in [6.45, 7) is 6.15. The Morgan fingerprint density at radius 1 is 0.643 bits per heavy atom. The van der Waals surface area contributed by atoms with Crippen LogP contribution >= 0.6 is 0 Å². The van der Waals surface area contributed by atoms with Crippen molar-refractivity contribution in [2.75, 3.05) is 11.5 Å². The van der Waals surface area contributed by atoms with Crippen molar-refractivity contribution < 1.29 is 36.0 Å². The molecule has 0 saturated carbocycles. The molecule has 0 aliphatic carbocycles. The largest absolute Gasteiger partial charge is 0.342 e. The maximum absolute atomic E-state index is 13.6. The van der Waals surface area contributed by atoms with Gasteiger partial charge in [-0.1, -0.05) is 47.5 Å². The molecule has 11 heteroatoms. The van der Waals surface area contributed by atoms with Crippen molar-refractivity contribution in [2.45, 2.75) is 49.9 Å². The molecule has 0 aliphatic rings. The fourth-order valence-corrected chi connectivity index (χ4v) is 7.49. The number of benzene rings is 3. The Labute approximate surface area is 246 Å². The van der Waals surface area contributed by atoms with Gasteiger partial charge in [0.2, 0.25) is 0 Å².